The summed E-state index contributed by atoms with van der Waals surface area (Å²) in [6, 6.07) is 17.9. The Labute approximate surface area is 223 Å². The Bertz CT molecular complexity index is 1190. The van der Waals surface area contributed by atoms with E-state index in [4.69, 9.17) is 18.9 Å². The van der Waals surface area contributed by atoms with Gasteiger partial charge < -0.3 is 34.9 Å². The molecule has 38 heavy (non-hydrogen) atoms. The number of hydrogen-bond donors (Lipinski definition) is 3. The predicted molar refractivity (Wildman–Crippen MR) is 153 cm³/mol. The highest BCUT2D eigenvalue weighted by molar-refractivity contribution is 5.68. The minimum Gasteiger partial charge on any atom is -0.388 e. The third-order valence-corrected chi connectivity index (χ3v) is 4.71. The molecule has 2 aromatic heterocycles. The van der Waals surface area contributed by atoms with E-state index in [1.807, 2.05) is 103 Å². The second-order valence-corrected chi connectivity index (χ2v) is 6.90. The van der Waals surface area contributed by atoms with Crippen LogP contribution in [0.3, 0.4) is 0 Å². The topological polar surface area (TPSA) is 139 Å². The molecule has 4 aromatic rings. The van der Waals surface area contributed by atoms with Gasteiger partial charge in [-0.3, -0.25) is 0 Å². The van der Waals surface area contributed by atoms with Gasteiger partial charge >= 0.3 is 0 Å². The molecule has 0 spiro atoms. The SMILES string of the molecule is C=O.C=O.CC.CC=O.CNc1ccc(-c2cc(Nc3ccc(Nc4onc(C)c4C)cc3)ncn2)cc1. The summed E-state index contributed by atoms with van der Waals surface area (Å²) in [6.45, 7) is 13.3. The number of carbonyl (C=O) groups is 3. The molecule has 0 saturated carbocycles. The van der Waals surface area contributed by atoms with E-state index in [1.165, 1.54) is 6.92 Å². The first-order chi connectivity index (χ1) is 18.5. The monoisotopic (exact) mass is 520 g/mol. The first kappa shape index (κ1) is 33.1. The summed E-state index contributed by atoms with van der Waals surface area (Å²) in [4.78, 5) is 33.5. The lowest BCUT2D eigenvalue weighted by atomic mass is 10.1. The Morgan fingerprint density at radius 3 is 1.79 bits per heavy atom. The number of hydrogen-bond acceptors (Lipinski definition) is 10. The molecule has 2 heterocycles. The lowest BCUT2D eigenvalue weighted by Crippen LogP contribution is -1.96. The lowest BCUT2D eigenvalue weighted by Gasteiger charge is -2.09. The van der Waals surface area contributed by atoms with Crippen LogP contribution < -0.4 is 16.0 Å². The number of rotatable bonds is 6. The highest BCUT2D eigenvalue weighted by Crippen LogP contribution is 2.25. The van der Waals surface area contributed by atoms with Crippen molar-refractivity contribution in [3.05, 3.63) is 72.2 Å². The van der Waals surface area contributed by atoms with E-state index >= 15 is 0 Å². The second kappa shape index (κ2) is 19.3. The van der Waals surface area contributed by atoms with Crippen LogP contribution in [-0.4, -0.2) is 42.0 Å². The van der Waals surface area contributed by atoms with Gasteiger partial charge in [0.05, 0.1) is 11.4 Å². The van der Waals surface area contributed by atoms with Crippen LogP contribution in [0.25, 0.3) is 11.3 Å². The average Bonchev–Trinajstić information content (AvgIpc) is 3.30. The van der Waals surface area contributed by atoms with Crippen molar-refractivity contribution in [2.24, 2.45) is 0 Å². The maximum atomic E-state index is 8.81. The van der Waals surface area contributed by atoms with E-state index in [2.05, 4.69) is 31.1 Å². The largest absolute Gasteiger partial charge is 0.388 e. The third-order valence-electron chi connectivity index (χ3n) is 4.71. The number of aldehydes is 1. The summed E-state index contributed by atoms with van der Waals surface area (Å²) in [5, 5.41) is 13.6. The average molecular weight is 521 g/mol. The van der Waals surface area contributed by atoms with Gasteiger partial charge in [-0.2, -0.15) is 0 Å². The third kappa shape index (κ3) is 10.4. The van der Waals surface area contributed by atoms with E-state index in [-0.39, 0.29) is 0 Å². The number of nitrogens with one attached hydrogen (secondary N) is 3. The van der Waals surface area contributed by atoms with Crippen LogP contribution in [0.1, 0.15) is 32.0 Å². The number of carbonyl (C=O) groups excluding carboxylic acids is 3. The molecule has 0 aliphatic heterocycles. The Morgan fingerprint density at radius 1 is 0.816 bits per heavy atom. The van der Waals surface area contributed by atoms with Gasteiger partial charge in [-0.1, -0.05) is 31.1 Å². The van der Waals surface area contributed by atoms with Gasteiger partial charge in [0, 0.05) is 41.3 Å². The van der Waals surface area contributed by atoms with Crippen LogP contribution in [-0.2, 0) is 14.4 Å². The van der Waals surface area contributed by atoms with Crippen molar-refractivity contribution >= 4 is 48.6 Å². The van der Waals surface area contributed by atoms with Gasteiger partial charge in [0.2, 0.25) is 5.88 Å². The van der Waals surface area contributed by atoms with E-state index < -0.39 is 0 Å². The molecule has 4 rings (SSSR count). The van der Waals surface area contributed by atoms with Crippen molar-refractivity contribution in [2.45, 2.75) is 34.6 Å². The molecule has 0 fully saturated rings. The molecule has 0 aliphatic carbocycles. The fourth-order valence-electron chi connectivity index (χ4n) is 2.84. The Kier molecular flexibility index (Phi) is 16.9. The van der Waals surface area contributed by atoms with Crippen LogP contribution >= 0.6 is 0 Å². The predicted octanol–water partition coefficient (Wildman–Crippen LogP) is 6.14. The molecule has 0 saturated heterocycles. The minimum absolute atomic E-state index is 0.660. The zero-order chi connectivity index (χ0) is 28.9. The highest BCUT2D eigenvalue weighted by Gasteiger charge is 2.08. The smallest absolute Gasteiger partial charge is 0.232 e. The van der Waals surface area contributed by atoms with E-state index in [9.17, 15) is 0 Å². The highest BCUT2D eigenvalue weighted by atomic mass is 16.5. The number of aryl methyl sites for hydroxylation is 1. The number of benzene rings is 2. The molecule has 10 heteroatoms. The zero-order valence-electron chi connectivity index (χ0n) is 22.7. The Hall–Kier alpha value is -4.86. The Balaban J connectivity index is 0.00000137. The first-order valence-corrected chi connectivity index (χ1v) is 11.7. The summed E-state index contributed by atoms with van der Waals surface area (Å²) in [5.41, 5.74) is 6.69. The zero-order valence-corrected chi connectivity index (χ0v) is 22.7. The van der Waals surface area contributed by atoms with Crippen molar-refractivity contribution in [3.8, 4) is 11.3 Å². The standard InChI is InChI=1S/C22H22N6O.C2H4O.C2H6.2CH2O/c1-14-15(2)28-29-22(14)27-19-10-8-18(9-11-19)26-21-12-20(24-13-25-21)16-4-6-17(23-3)7-5-16;1-2-3;3*1-2/h4-13,23,27H,1-3H3,(H,24,25,26);2H,1H3;1-2H3;2*1H2. The molecule has 0 amide bonds. The number of anilines is 5. The molecule has 0 unspecified atom stereocenters. The van der Waals surface area contributed by atoms with Gasteiger partial charge in [0.25, 0.3) is 0 Å². The lowest BCUT2D eigenvalue weighted by molar-refractivity contribution is -0.106. The summed E-state index contributed by atoms with van der Waals surface area (Å²) in [7, 11) is 1.90. The minimum atomic E-state index is 0.660. The maximum absolute atomic E-state index is 8.81. The second-order valence-electron chi connectivity index (χ2n) is 6.90. The maximum Gasteiger partial charge on any atom is 0.232 e. The summed E-state index contributed by atoms with van der Waals surface area (Å²) in [6.07, 6.45) is 2.31. The van der Waals surface area contributed by atoms with Crippen molar-refractivity contribution in [3.63, 3.8) is 0 Å². The summed E-state index contributed by atoms with van der Waals surface area (Å²) >= 11 is 0. The van der Waals surface area contributed by atoms with Crippen molar-refractivity contribution in [1.29, 1.82) is 0 Å². The normalized spacial score (nSPS) is 8.79. The fraction of sp³-hybridized carbons (Fsp3) is 0.214. The molecule has 0 radical (unpaired) electrons. The molecule has 0 bridgehead atoms. The van der Waals surface area contributed by atoms with Gasteiger partial charge in [0.1, 0.15) is 32.0 Å². The van der Waals surface area contributed by atoms with E-state index in [0.29, 0.717) is 5.88 Å². The van der Waals surface area contributed by atoms with Crippen LogP contribution in [0.15, 0.2) is 65.4 Å². The summed E-state index contributed by atoms with van der Waals surface area (Å²) in [5.74, 6) is 1.39. The quantitative estimate of drug-likeness (QED) is 0.254. The van der Waals surface area contributed by atoms with Gasteiger partial charge in [-0.25, -0.2) is 9.97 Å². The van der Waals surface area contributed by atoms with Crippen LogP contribution in [0.2, 0.25) is 0 Å². The fourth-order valence-corrected chi connectivity index (χ4v) is 2.84. The van der Waals surface area contributed by atoms with E-state index in [0.717, 1.165) is 51.7 Å². The molecule has 2 aromatic carbocycles. The van der Waals surface area contributed by atoms with Crippen molar-refractivity contribution < 1.29 is 18.9 Å². The molecule has 0 atom stereocenters. The summed E-state index contributed by atoms with van der Waals surface area (Å²) < 4.78 is 5.30. The molecule has 0 aliphatic rings. The molecule has 3 N–H and O–H groups in total. The number of nitrogens with zero attached hydrogens (tertiary/aromatic N) is 3. The molecule has 202 valence electrons. The van der Waals surface area contributed by atoms with Crippen LogP contribution in [0, 0.1) is 13.8 Å². The molecular weight excluding hydrogens is 484 g/mol. The van der Waals surface area contributed by atoms with Gasteiger partial charge in [0.15, 0.2) is 0 Å². The van der Waals surface area contributed by atoms with Crippen molar-refractivity contribution in [1.82, 2.24) is 15.1 Å². The van der Waals surface area contributed by atoms with Gasteiger partial charge in [-0.05, 0) is 57.2 Å². The number of aromatic nitrogens is 3. The first-order valence-electron chi connectivity index (χ1n) is 11.7. The Morgan fingerprint density at radius 2 is 1.32 bits per heavy atom. The van der Waals surface area contributed by atoms with E-state index in [1.54, 1.807) is 6.33 Å². The van der Waals surface area contributed by atoms with Gasteiger partial charge in [-0.15, -0.1) is 0 Å². The van der Waals surface area contributed by atoms with Crippen molar-refractivity contribution in [2.75, 3.05) is 23.0 Å². The molecule has 10 nitrogen and oxygen atoms in total. The van der Waals surface area contributed by atoms with Crippen LogP contribution in [0.4, 0.5) is 28.8 Å². The molecular formula is C28H36N6O4. The van der Waals surface area contributed by atoms with Crippen LogP contribution in [0.5, 0.6) is 0 Å².